The van der Waals surface area contributed by atoms with Crippen molar-refractivity contribution in [2.24, 2.45) is 17.8 Å². The van der Waals surface area contributed by atoms with E-state index < -0.39 is 0 Å². The van der Waals surface area contributed by atoms with Gasteiger partial charge >= 0.3 is 0 Å². The fraction of sp³-hybridized carbons (Fsp3) is 0.571. The summed E-state index contributed by atoms with van der Waals surface area (Å²) >= 11 is 0. The third kappa shape index (κ3) is 2.49. The first-order chi connectivity index (χ1) is 7.66. The van der Waals surface area contributed by atoms with Gasteiger partial charge in [-0.1, -0.05) is 13.8 Å². The quantitative estimate of drug-likeness (QED) is 0.711. The number of aromatic nitrogens is 1. The van der Waals surface area contributed by atoms with Gasteiger partial charge in [0.25, 0.3) is 0 Å². The molecule has 16 heavy (non-hydrogen) atoms. The highest BCUT2D eigenvalue weighted by Gasteiger charge is 2.29. The minimum Gasteiger partial charge on any atom is -0.294 e. The van der Waals surface area contributed by atoms with Crippen molar-refractivity contribution >= 4 is 5.78 Å². The largest absolute Gasteiger partial charge is 0.294 e. The van der Waals surface area contributed by atoms with Crippen LogP contribution in [0.15, 0.2) is 24.5 Å². The molecule has 2 atom stereocenters. The Kier molecular flexibility index (Phi) is 3.37. The number of carbonyl (C=O) groups is 1. The highest BCUT2D eigenvalue weighted by Crippen LogP contribution is 2.34. The Balaban J connectivity index is 2.10. The van der Waals surface area contributed by atoms with Crippen LogP contribution >= 0.6 is 0 Å². The second kappa shape index (κ2) is 4.77. The summed E-state index contributed by atoms with van der Waals surface area (Å²) in [5, 5.41) is 0. The number of carbonyl (C=O) groups excluding carboxylic acids is 1. The molecule has 1 fully saturated rings. The highest BCUT2D eigenvalue weighted by molar-refractivity contribution is 5.97. The molecule has 1 aliphatic carbocycles. The van der Waals surface area contributed by atoms with Crippen LogP contribution in [0.1, 0.15) is 43.5 Å². The fourth-order valence-electron chi connectivity index (χ4n) is 2.91. The number of rotatable bonds is 2. The van der Waals surface area contributed by atoms with Gasteiger partial charge in [-0.3, -0.25) is 9.78 Å². The third-order valence-electron chi connectivity index (χ3n) is 3.50. The summed E-state index contributed by atoms with van der Waals surface area (Å²) in [6.45, 7) is 4.50. The summed E-state index contributed by atoms with van der Waals surface area (Å²) < 4.78 is 0. The van der Waals surface area contributed by atoms with Crippen LogP contribution in [0.5, 0.6) is 0 Å². The van der Waals surface area contributed by atoms with Gasteiger partial charge in [0.1, 0.15) is 0 Å². The molecule has 0 spiro atoms. The minimum atomic E-state index is 0.211. The SMILES string of the molecule is CC1CC(C)CC(C(=O)c2cccnc2)C1. The van der Waals surface area contributed by atoms with E-state index in [1.54, 1.807) is 12.4 Å². The maximum absolute atomic E-state index is 12.3. The Labute approximate surface area is 97.1 Å². The van der Waals surface area contributed by atoms with E-state index in [1.165, 1.54) is 6.42 Å². The van der Waals surface area contributed by atoms with Crippen molar-refractivity contribution < 1.29 is 4.79 Å². The number of hydrogen-bond donors (Lipinski definition) is 0. The predicted octanol–water partition coefficient (Wildman–Crippen LogP) is 3.34. The molecule has 0 N–H and O–H groups in total. The zero-order chi connectivity index (χ0) is 11.5. The van der Waals surface area contributed by atoms with Gasteiger partial charge in [-0.25, -0.2) is 0 Å². The maximum atomic E-state index is 12.3. The van der Waals surface area contributed by atoms with Gasteiger partial charge in [-0.15, -0.1) is 0 Å². The van der Waals surface area contributed by atoms with E-state index in [4.69, 9.17) is 0 Å². The normalized spacial score (nSPS) is 30.0. The van der Waals surface area contributed by atoms with Gasteiger partial charge in [0, 0.05) is 23.9 Å². The molecule has 0 bridgehead atoms. The van der Waals surface area contributed by atoms with Crippen LogP contribution in [0.2, 0.25) is 0 Å². The molecule has 0 aromatic carbocycles. The molecular weight excluding hydrogens is 198 g/mol. The zero-order valence-electron chi connectivity index (χ0n) is 10.0. The summed E-state index contributed by atoms with van der Waals surface area (Å²) in [6, 6.07) is 3.71. The van der Waals surface area contributed by atoms with Gasteiger partial charge in [-0.2, -0.15) is 0 Å². The van der Waals surface area contributed by atoms with Crippen molar-refractivity contribution in [3.63, 3.8) is 0 Å². The van der Waals surface area contributed by atoms with Gasteiger partial charge in [0.15, 0.2) is 5.78 Å². The predicted molar refractivity (Wildman–Crippen MR) is 64.2 cm³/mol. The van der Waals surface area contributed by atoms with Gasteiger partial charge < -0.3 is 0 Å². The lowest BCUT2D eigenvalue weighted by molar-refractivity contribution is 0.0835. The van der Waals surface area contributed by atoms with Crippen molar-refractivity contribution in [1.29, 1.82) is 0 Å². The molecule has 2 nitrogen and oxygen atoms in total. The smallest absolute Gasteiger partial charge is 0.167 e. The molecule has 0 aliphatic heterocycles. The number of nitrogens with zero attached hydrogens (tertiary/aromatic N) is 1. The van der Waals surface area contributed by atoms with Crippen LogP contribution in [-0.2, 0) is 0 Å². The van der Waals surface area contributed by atoms with Gasteiger partial charge in [0.05, 0.1) is 0 Å². The van der Waals surface area contributed by atoms with Crippen molar-refractivity contribution in [2.45, 2.75) is 33.1 Å². The Bertz CT molecular complexity index is 350. The van der Waals surface area contributed by atoms with Gasteiger partial charge in [-0.05, 0) is 43.2 Å². The molecule has 1 heterocycles. The molecule has 2 heteroatoms. The number of pyridine rings is 1. The minimum absolute atomic E-state index is 0.211. The van der Waals surface area contributed by atoms with E-state index >= 15 is 0 Å². The molecule has 2 rings (SSSR count). The first kappa shape index (κ1) is 11.3. The lowest BCUT2D eigenvalue weighted by atomic mass is 9.74. The molecule has 1 saturated carbocycles. The van der Waals surface area contributed by atoms with Crippen molar-refractivity contribution in [2.75, 3.05) is 0 Å². The number of hydrogen-bond acceptors (Lipinski definition) is 2. The van der Waals surface area contributed by atoms with E-state index in [0.29, 0.717) is 11.8 Å². The van der Waals surface area contributed by atoms with E-state index in [-0.39, 0.29) is 11.7 Å². The summed E-state index contributed by atoms with van der Waals surface area (Å²) in [5.74, 6) is 1.85. The average Bonchev–Trinajstić information content (AvgIpc) is 2.28. The van der Waals surface area contributed by atoms with Gasteiger partial charge in [0.2, 0.25) is 0 Å². The summed E-state index contributed by atoms with van der Waals surface area (Å²) in [5.41, 5.74) is 0.772. The Morgan fingerprint density at radius 3 is 2.50 bits per heavy atom. The second-order valence-corrected chi connectivity index (χ2v) is 5.22. The molecule has 1 aromatic rings. The molecule has 86 valence electrons. The highest BCUT2D eigenvalue weighted by atomic mass is 16.1. The molecule has 1 aromatic heterocycles. The van der Waals surface area contributed by atoms with Crippen molar-refractivity contribution in [3.8, 4) is 0 Å². The molecule has 1 aliphatic rings. The Hall–Kier alpha value is -1.18. The van der Waals surface area contributed by atoms with E-state index in [9.17, 15) is 4.79 Å². The number of Topliss-reactive ketones (excluding diaryl/α,β-unsaturated/α-hetero) is 1. The van der Waals surface area contributed by atoms with E-state index in [1.807, 2.05) is 12.1 Å². The third-order valence-corrected chi connectivity index (χ3v) is 3.50. The van der Waals surface area contributed by atoms with Crippen molar-refractivity contribution in [1.82, 2.24) is 4.98 Å². The molecule has 0 saturated heterocycles. The lowest BCUT2D eigenvalue weighted by Gasteiger charge is -2.30. The second-order valence-electron chi connectivity index (χ2n) is 5.22. The monoisotopic (exact) mass is 217 g/mol. The van der Waals surface area contributed by atoms with Crippen LogP contribution in [0.4, 0.5) is 0 Å². The Morgan fingerprint density at radius 1 is 1.25 bits per heavy atom. The van der Waals surface area contributed by atoms with Crippen LogP contribution in [0.25, 0.3) is 0 Å². The van der Waals surface area contributed by atoms with Crippen LogP contribution < -0.4 is 0 Å². The molecule has 0 amide bonds. The summed E-state index contributed by atoms with van der Waals surface area (Å²) in [4.78, 5) is 16.3. The van der Waals surface area contributed by atoms with Crippen LogP contribution in [-0.4, -0.2) is 10.8 Å². The van der Waals surface area contributed by atoms with Crippen LogP contribution in [0.3, 0.4) is 0 Å². The topological polar surface area (TPSA) is 30.0 Å². The first-order valence-electron chi connectivity index (χ1n) is 6.11. The molecule has 2 unspecified atom stereocenters. The standard InChI is InChI=1S/C14H19NO/c1-10-6-11(2)8-13(7-10)14(16)12-4-3-5-15-9-12/h3-5,9-11,13H,6-8H2,1-2H3. The number of ketones is 1. The lowest BCUT2D eigenvalue weighted by Crippen LogP contribution is -2.26. The van der Waals surface area contributed by atoms with E-state index in [2.05, 4.69) is 18.8 Å². The van der Waals surface area contributed by atoms with Crippen LogP contribution in [0, 0.1) is 17.8 Å². The van der Waals surface area contributed by atoms with Crippen molar-refractivity contribution in [3.05, 3.63) is 30.1 Å². The first-order valence-corrected chi connectivity index (χ1v) is 6.11. The zero-order valence-corrected chi connectivity index (χ0v) is 10.0. The maximum Gasteiger partial charge on any atom is 0.167 e. The Morgan fingerprint density at radius 2 is 1.94 bits per heavy atom. The summed E-state index contributed by atoms with van der Waals surface area (Å²) in [7, 11) is 0. The van der Waals surface area contributed by atoms with E-state index in [0.717, 1.165) is 18.4 Å². The summed E-state index contributed by atoms with van der Waals surface area (Å²) in [6.07, 6.45) is 6.74. The molecular formula is C14H19NO. The fourth-order valence-corrected chi connectivity index (χ4v) is 2.91. The molecule has 0 radical (unpaired) electrons. The average molecular weight is 217 g/mol.